The number of piperidine rings is 1. The Kier molecular flexibility index (Phi) is 7.32. The molecule has 2 saturated heterocycles. The van der Waals surface area contributed by atoms with Gasteiger partial charge in [0.1, 0.15) is 0 Å². The number of morpholine rings is 1. The lowest BCUT2D eigenvalue weighted by Gasteiger charge is -2.45. The zero-order valence-corrected chi connectivity index (χ0v) is 15.9. The standard InChI is InChI=1S/C18H36N4O2/c1-15-12-22(13-16(2)24-15)18(3,4)14-20-17(23)19-8-11-21-9-6-5-7-10-21/h15-16H,5-14H2,1-4H3,(H2,19,20,23). The minimum Gasteiger partial charge on any atom is -0.373 e. The zero-order chi connectivity index (χ0) is 17.6. The summed E-state index contributed by atoms with van der Waals surface area (Å²) in [4.78, 5) is 16.9. The van der Waals surface area contributed by atoms with E-state index < -0.39 is 0 Å². The van der Waals surface area contributed by atoms with Gasteiger partial charge in [0.15, 0.2) is 0 Å². The van der Waals surface area contributed by atoms with Gasteiger partial charge in [0.2, 0.25) is 0 Å². The lowest BCUT2D eigenvalue weighted by molar-refractivity contribution is -0.0947. The molecule has 140 valence electrons. The molecular weight excluding hydrogens is 304 g/mol. The van der Waals surface area contributed by atoms with Crippen LogP contribution in [0.3, 0.4) is 0 Å². The summed E-state index contributed by atoms with van der Waals surface area (Å²) in [5.41, 5.74) is -0.0729. The fourth-order valence-electron chi connectivity index (χ4n) is 3.65. The van der Waals surface area contributed by atoms with Crippen LogP contribution in [-0.2, 0) is 4.74 Å². The Morgan fingerprint density at radius 3 is 2.33 bits per heavy atom. The van der Waals surface area contributed by atoms with Gasteiger partial charge in [-0.2, -0.15) is 0 Å². The van der Waals surface area contributed by atoms with E-state index in [9.17, 15) is 4.79 Å². The molecule has 2 N–H and O–H groups in total. The first kappa shape index (κ1) is 19.5. The molecule has 6 nitrogen and oxygen atoms in total. The molecule has 0 spiro atoms. The van der Waals surface area contributed by atoms with Gasteiger partial charge >= 0.3 is 6.03 Å². The number of likely N-dealkylation sites (tertiary alicyclic amines) is 1. The van der Waals surface area contributed by atoms with E-state index in [4.69, 9.17) is 4.74 Å². The molecule has 0 aromatic heterocycles. The number of nitrogens with one attached hydrogen (secondary N) is 2. The number of urea groups is 1. The Morgan fingerprint density at radius 2 is 1.71 bits per heavy atom. The van der Waals surface area contributed by atoms with Crippen molar-refractivity contribution in [1.29, 1.82) is 0 Å². The van der Waals surface area contributed by atoms with Crippen molar-refractivity contribution in [3.63, 3.8) is 0 Å². The van der Waals surface area contributed by atoms with Crippen molar-refractivity contribution < 1.29 is 9.53 Å². The molecule has 2 rings (SSSR count). The van der Waals surface area contributed by atoms with E-state index in [1.54, 1.807) is 0 Å². The van der Waals surface area contributed by atoms with Crippen molar-refractivity contribution >= 4 is 6.03 Å². The van der Waals surface area contributed by atoms with E-state index >= 15 is 0 Å². The number of hydrogen-bond acceptors (Lipinski definition) is 4. The third kappa shape index (κ3) is 6.22. The van der Waals surface area contributed by atoms with Crippen LogP contribution in [0.4, 0.5) is 4.79 Å². The highest BCUT2D eigenvalue weighted by Crippen LogP contribution is 2.20. The molecule has 24 heavy (non-hydrogen) atoms. The van der Waals surface area contributed by atoms with Gasteiger partial charge in [-0.1, -0.05) is 6.42 Å². The Labute approximate surface area is 147 Å². The smallest absolute Gasteiger partial charge is 0.314 e. The second-order valence-electron chi connectivity index (χ2n) is 7.99. The summed E-state index contributed by atoms with van der Waals surface area (Å²) in [7, 11) is 0. The predicted molar refractivity (Wildman–Crippen MR) is 97.4 cm³/mol. The molecule has 0 aromatic carbocycles. The summed E-state index contributed by atoms with van der Waals surface area (Å²) in [6.07, 6.45) is 4.41. The van der Waals surface area contributed by atoms with Crippen molar-refractivity contribution in [2.75, 3.05) is 45.8 Å². The van der Waals surface area contributed by atoms with E-state index in [1.807, 2.05) is 0 Å². The topological polar surface area (TPSA) is 56.8 Å². The van der Waals surface area contributed by atoms with Crippen LogP contribution < -0.4 is 10.6 Å². The monoisotopic (exact) mass is 340 g/mol. The quantitative estimate of drug-likeness (QED) is 0.772. The largest absolute Gasteiger partial charge is 0.373 e. The van der Waals surface area contributed by atoms with Gasteiger partial charge < -0.3 is 20.3 Å². The maximum absolute atomic E-state index is 12.1. The summed E-state index contributed by atoms with van der Waals surface area (Å²) in [6.45, 7) is 15.1. The Bertz CT molecular complexity index is 386. The molecule has 2 heterocycles. The predicted octanol–water partition coefficient (Wildman–Crippen LogP) is 1.66. The van der Waals surface area contributed by atoms with Crippen LogP contribution in [0, 0.1) is 0 Å². The van der Waals surface area contributed by atoms with Crippen LogP contribution in [-0.4, -0.2) is 79.4 Å². The number of amides is 2. The summed E-state index contributed by atoms with van der Waals surface area (Å²) < 4.78 is 5.80. The number of nitrogens with zero attached hydrogens (tertiary/aromatic N) is 2. The fourth-order valence-corrected chi connectivity index (χ4v) is 3.65. The van der Waals surface area contributed by atoms with E-state index in [2.05, 4.69) is 48.1 Å². The van der Waals surface area contributed by atoms with E-state index in [-0.39, 0.29) is 23.8 Å². The van der Waals surface area contributed by atoms with Gasteiger partial charge in [-0.25, -0.2) is 4.79 Å². The summed E-state index contributed by atoms with van der Waals surface area (Å²) in [5, 5.41) is 6.02. The van der Waals surface area contributed by atoms with Crippen LogP contribution in [0.15, 0.2) is 0 Å². The number of rotatable bonds is 6. The second kappa shape index (κ2) is 9.02. The van der Waals surface area contributed by atoms with Crippen LogP contribution in [0.2, 0.25) is 0 Å². The molecule has 0 bridgehead atoms. The van der Waals surface area contributed by atoms with Crippen molar-refractivity contribution in [2.24, 2.45) is 0 Å². The third-order valence-electron chi connectivity index (χ3n) is 5.12. The molecule has 2 aliphatic rings. The van der Waals surface area contributed by atoms with Gasteiger partial charge in [-0.15, -0.1) is 0 Å². The van der Waals surface area contributed by atoms with Crippen molar-refractivity contribution in [1.82, 2.24) is 20.4 Å². The maximum atomic E-state index is 12.1. The number of hydrogen-bond donors (Lipinski definition) is 2. The van der Waals surface area contributed by atoms with Gasteiger partial charge in [-0.3, -0.25) is 4.90 Å². The van der Waals surface area contributed by atoms with Crippen molar-refractivity contribution in [3.05, 3.63) is 0 Å². The van der Waals surface area contributed by atoms with Crippen LogP contribution in [0.1, 0.15) is 47.0 Å². The van der Waals surface area contributed by atoms with Crippen molar-refractivity contribution in [2.45, 2.75) is 64.7 Å². The van der Waals surface area contributed by atoms with Gasteiger partial charge in [0.25, 0.3) is 0 Å². The lowest BCUT2D eigenvalue weighted by atomic mass is 10.0. The molecule has 0 aromatic rings. The summed E-state index contributed by atoms with van der Waals surface area (Å²) >= 11 is 0. The minimum atomic E-state index is -0.0729. The molecule has 2 unspecified atom stereocenters. The van der Waals surface area contributed by atoms with Crippen molar-refractivity contribution in [3.8, 4) is 0 Å². The first-order chi connectivity index (χ1) is 11.4. The fraction of sp³-hybridized carbons (Fsp3) is 0.944. The Morgan fingerprint density at radius 1 is 1.08 bits per heavy atom. The number of carbonyl (C=O) groups is 1. The first-order valence-electron chi connectivity index (χ1n) is 9.51. The zero-order valence-electron chi connectivity index (χ0n) is 15.9. The molecule has 2 atom stereocenters. The number of carbonyl (C=O) groups excluding carboxylic acids is 1. The minimum absolute atomic E-state index is 0.0607. The first-order valence-corrected chi connectivity index (χ1v) is 9.51. The molecule has 2 amide bonds. The molecular formula is C18H36N4O2. The highest BCUT2D eigenvalue weighted by atomic mass is 16.5. The highest BCUT2D eigenvalue weighted by molar-refractivity contribution is 5.73. The van der Waals surface area contributed by atoms with Crippen LogP contribution >= 0.6 is 0 Å². The molecule has 6 heteroatoms. The molecule has 2 fully saturated rings. The maximum Gasteiger partial charge on any atom is 0.314 e. The summed E-state index contributed by atoms with van der Waals surface area (Å²) in [6, 6.07) is -0.0607. The van der Waals surface area contributed by atoms with Gasteiger partial charge in [0, 0.05) is 38.3 Å². The lowest BCUT2D eigenvalue weighted by Crippen LogP contribution is -2.59. The molecule has 0 aliphatic carbocycles. The average molecular weight is 341 g/mol. The SMILES string of the molecule is CC1CN(C(C)(C)CNC(=O)NCCN2CCCCC2)CC(C)O1. The summed E-state index contributed by atoms with van der Waals surface area (Å²) in [5.74, 6) is 0. The molecule has 0 saturated carbocycles. The molecule has 0 radical (unpaired) electrons. The Hall–Kier alpha value is -0.850. The van der Waals surface area contributed by atoms with Crippen LogP contribution in [0.5, 0.6) is 0 Å². The highest BCUT2D eigenvalue weighted by Gasteiger charge is 2.33. The molecule has 2 aliphatic heterocycles. The van der Waals surface area contributed by atoms with Gasteiger partial charge in [0.05, 0.1) is 12.2 Å². The van der Waals surface area contributed by atoms with Crippen LogP contribution in [0.25, 0.3) is 0 Å². The normalized spacial score (nSPS) is 27.0. The Balaban J connectivity index is 1.66. The van der Waals surface area contributed by atoms with E-state index in [0.717, 1.165) is 26.2 Å². The van der Waals surface area contributed by atoms with Gasteiger partial charge in [-0.05, 0) is 53.6 Å². The van der Waals surface area contributed by atoms with E-state index in [0.29, 0.717) is 6.54 Å². The van der Waals surface area contributed by atoms with E-state index in [1.165, 1.54) is 32.4 Å². The third-order valence-corrected chi connectivity index (χ3v) is 5.12. The number of ether oxygens (including phenoxy) is 1. The second-order valence-corrected chi connectivity index (χ2v) is 7.99. The average Bonchev–Trinajstić information content (AvgIpc) is 2.53.